The Bertz CT molecular complexity index is 499. The van der Waals surface area contributed by atoms with Gasteiger partial charge in [-0.2, -0.15) is 0 Å². The first kappa shape index (κ1) is 21.8. The molecule has 2 heterocycles. The molecular formula is C15H12CrO7+6. The summed E-state index contributed by atoms with van der Waals surface area (Å²) in [4.78, 5) is 0. The molecule has 4 rings (SSSR count). The average molecular weight is 356 g/mol. The van der Waals surface area contributed by atoms with Crippen molar-refractivity contribution in [2.75, 3.05) is 26.4 Å². The fraction of sp³-hybridized carbons (Fsp3) is 0.400. The number of benzene rings is 1. The van der Waals surface area contributed by atoms with Crippen molar-refractivity contribution >= 4 is 0 Å². The van der Waals surface area contributed by atoms with E-state index in [9.17, 15) is 0 Å². The fourth-order valence-electron chi connectivity index (χ4n) is 2.87. The van der Waals surface area contributed by atoms with Gasteiger partial charge in [0.05, 0.1) is 26.4 Å². The van der Waals surface area contributed by atoms with Crippen LogP contribution in [0.5, 0.6) is 0 Å². The van der Waals surface area contributed by atoms with E-state index in [0.717, 1.165) is 11.1 Å². The van der Waals surface area contributed by atoms with Crippen LogP contribution in [0.3, 0.4) is 0 Å². The van der Waals surface area contributed by atoms with E-state index in [1.807, 2.05) is 24.3 Å². The van der Waals surface area contributed by atoms with E-state index in [4.69, 9.17) is 32.9 Å². The Morgan fingerprint density at radius 1 is 0.652 bits per heavy atom. The Hall–Kier alpha value is -1.19. The Kier molecular flexibility index (Phi) is 9.33. The van der Waals surface area contributed by atoms with Gasteiger partial charge in [0.1, 0.15) is 0 Å². The molecular weight excluding hydrogens is 344 g/mol. The van der Waals surface area contributed by atoms with Crippen LogP contribution in [0.4, 0.5) is 0 Å². The first-order chi connectivity index (χ1) is 10.9. The Morgan fingerprint density at radius 3 is 1.17 bits per heavy atom. The summed E-state index contributed by atoms with van der Waals surface area (Å²) in [6.45, 7) is 15.8. The second-order valence-electron chi connectivity index (χ2n) is 4.17. The van der Waals surface area contributed by atoms with Crippen LogP contribution in [0.2, 0.25) is 0 Å². The van der Waals surface area contributed by atoms with Gasteiger partial charge in [-0.3, -0.25) is 0 Å². The van der Waals surface area contributed by atoms with E-state index in [2.05, 4.69) is 20.0 Å². The molecule has 2 aliphatic heterocycles. The topological polar surface area (TPSA) is 96.6 Å². The monoisotopic (exact) mass is 356 g/mol. The molecule has 2 fully saturated rings. The predicted molar refractivity (Wildman–Crippen MR) is 65.4 cm³/mol. The summed E-state index contributed by atoms with van der Waals surface area (Å²) in [5, 5.41) is 0. The second kappa shape index (κ2) is 9.84. The van der Waals surface area contributed by atoms with E-state index in [0.29, 0.717) is 26.4 Å². The van der Waals surface area contributed by atoms with Crippen molar-refractivity contribution in [1.29, 1.82) is 0 Å². The Morgan fingerprint density at radius 2 is 0.913 bits per heavy atom. The molecule has 0 N–H and O–H groups in total. The molecule has 2 saturated heterocycles. The zero-order valence-corrected chi connectivity index (χ0v) is 13.2. The van der Waals surface area contributed by atoms with Crippen LogP contribution in [-0.4, -0.2) is 26.4 Å². The maximum atomic E-state index is 7.50. The van der Waals surface area contributed by atoms with Gasteiger partial charge in [-0.25, -0.2) is 0 Å². The molecule has 1 aromatic rings. The minimum atomic E-state index is -0.819. The molecule has 0 atom stereocenters. The van der Waals surface area contributed by atoms with Gasteiger partial charge in [0.15, 0.2) is 0 Å². The molecule has 3 aliphatic rings. The summed E-state index contributed by atoms with van der Waals surface area (Å²) in [5.74, 6) is -1.64. The number of ether oxygens (including phenoxy) is 4. The Labute approximate surface area is 144 Å². The third-order valence-corrected chi connectivity index (χ3v) is 3.46. The molecule has 8 heteroatoms. The molecule has 0 unspecified atom stereocenters. The SMILES string of the molecule is [C-]#[O+].[C-]#[O+].[C-]#[O+].[Cr+6].c1ccc2c(c1)C1(OCCO1)C21OCCO1. The molecule has 1 aromatic carbocycles. The summed E-state index contributed by atoms with van der Waals surface area (Å²) < 4.78 is 45.6. The van der Waals surface area contributed by atoms with Gasteiger partial charge in [-0.1, -0.05) is 24.3 Å². The van der Waals surface area contributed by atoms with E-state index in [1.54, 1.807) is 0 Å². The van der Waals surface area contributed by atoms with Gasteiger partial charge in [-0.15, -0.1) is 0 Å². The van der Waals surface area contributed by atoms with Gasteiger partial charge in [0, 0.05) is 11.1 Å². The van der Waals surface area contributed by atoms with E-state index in [1.165, 1.54) is 0 Å². The van der Waals surface area contributed by atoms with Gasteiger partial charge in [-0.05, 0) is 0 Å². The largest absolute Gasteiger partial charge is 6.00 e. The minimum absolute atomic E-state index is 0. The fourth-order valence-corrected chi connectivity index (χ4v) is 2.87. The van der Waals surface area contributed by atoms with Crippen molar-refractivity contribution in [3.05, 3.63) is 55.3 Å². The van der Waals surface area contributed by atoms with Crippen molar-refractivity contribution in [3.63, 3.8) is 0 Å². The molecule has 23 heavy (non-hydrogen) atoms. The zero-order chi connectivity index (χ0) is 16.6. The quantitative estimate of drug-likeness (QED) is 0.511. The van der Waals surface area contributed by atoms with E-state index < -0.39 is 11.6 Å². The summed E-state index contributed by atoms with van der Waals surface area (Å²) in [7, 11) is 0. The number of hydrogen-bond donors (Lipinski definition) is 0. The van der Waals surface area contributed by atoms with Crippen molar-refractivity contribution in [3.8, 4) is 0 Å². The molecule has 0 aromatic heterocycles. The summed E-state index contributed by atoms with van der Waals surface area (Å²) in [5.41, 5.74) is 2.07. The van der Waals surface area contributed by atoms with Crippen molar-refractivity contribution in [2.45, 2.75) is 11.6 Å². The van der Waals surface area contributed by atoms with Gasteiger partial charge in [0.25, 0.3) is 11.6 Å². The van der Waals surface area contributed by atoms with Crippen LogP contribution in [0.15, 0.2) is 24.3 Å². The molecule has 1 aliphatic carbocycles. The van der Waals surface area contributed by atoms with E-state index >= 15 is 0 Å². The van der Waals surface area contributed by atoms with E-state index in [-0.39, 0.29) is 17.4 Å². The van der Waals surface area contributed by atoms with Crippen molar-refractivity contribution in [1.82, 2.24) is 0 Å². The number of hydrogen-bond acceptors (Lipinski definition) is 4. The van der Waals surface area contributed by atoms with Crippen LogP contribution in [0.1, 0.15) is 11.1 Å². The van der Waals surface area contributed by atoms with Crippen LogP contribution in [0.25, 0.3) is 0 Å². The third kappa shape index (κ3) is 3.09. The third-order valence-electron chi connectivity index (χ3n) is 3.46. The predicted octanol–water partition coefficient (Wildman–Crippen LogP) is 0.984. The first-order valence-corrected chi connectivity index (χ1v) is 6.16. The smallest absolute Gasteiger partial charge is 0.339 e. The normalized spacial score (nSPS) is 19.9. The maximum Gasteiger partial charge on any atom is 6.00 e. The van der Waals surface area contributed by atoms with Crippen LogP contribution < -0.4 is 0 Å². The number of fused-ring (bicyclic) bond motifs is 4. The summed E-state index contributed by atoms with van der Waals surface area (Å²) in [6.07, 6.45) is 0. The van der Waals surface area contributed by atoms with Gasteiger partial charge < -0.3 is 18.9 Å². The maximum absolute atomic E-state index is 7.50. The second-order valence-corrected chi connectivity index (χ2v) is 4.17. The van der Waals surface area contributed by atoms with Gasteiger partial charge in [0.2, 0.25) is 0 Å². The van der Waals surface area contributed by atoms with Crippen molar-refractivity contribution in [2.24, 2.45) is 0 Å². The molecule has 2 spiro atoms. The molecule has 0 amide bonds. The summed E-state index contributed by atoms with van der Waals surface area (Å²) in [6, 6.07) is 7.98. The minimum Gasteiger partial charge on any atom is -0.339 e. The zero-order valence-electron chi connectivity index (χ0n) is 11.9. The van der Waals surface area contributed by atoms with Crippen LogP contribution in [0, 0.1) is 20.0 Å². The first-order valence-electron chi connectivity index (χ1n) is 6.16. The standard InChI is InChI=1S/C12H12O4.3CO.Cr/c1-2-4-10-9(3-1)11(13-5-6-14-11)12(10)15-7-8-16-12;3*1-2;/h1-4H,5-8H2;;;;/q;;;;+6. The van der Waals surface area contributed by atoms with Crippen LogP contribution >= 0.6 is 0 Å². The van der Waals surface area contributed by atoms with Crippen LogP contribution in [-0.2, 0) is 61.8 Å². The number of rotatable bonds is 0. The van der Waals surface area contributed by atoms with Crippen molar-refractivity contribution < 1.29 is 50.3 Å². The average Bonchev–Trinajstić information content (AvgIpc) is 3.32. The molecule has 114 valence electrons. The summed E-state index contributed by atoms with van der Waals surface area (Å²) >= 11 is 0. The molecule has 0 radical (unpaired) electrons. The molecule has 7 nitrogen and oxygen atoms in total. The Balaban J connectivity index is 0.000000629. The molecule has 0 bridgehead atoms. The molecule has 0 saturated carbocycles. The van der Waals surface area contributed by atoms with Gasteiger partial charge >= 0.3 is 51.3 Å².